The van der Waals surface area contributed by atoms with Crippen molar-refractivity contribution in [1.29, 1.82) is 0 Å². The summed E-state index contributed by atoms with van der Waals surface area (Å²) in [4.78, 5) is 17.8. The van der Waals surface area contributed by atoms with Crippen LogP contribution in [0, 0.1) is 5.82 Å². The van der Waals surface area contributed by atoms with Crippen LogP contribution in [0.25, 0.3) is 0 Å². The third kappa shape index (κ3) is 4.12. The van der Waals surface area contributed by atoms with E-state index >= 15 is 0 Å². The molecule has 28 heavy (non-hydrogen) atoms. The molecule has 0 spiro atoms. The van der Waals surface area contributed by atoms with Gasteiger partial charge in [0.05, 0.1) is 4.90 Å². The Morgan fingerprint density at radius 2 is 2.11 bits per heavy atom. The Bertz CT molecular complexity index is 970. The molecule has 6 nitrogen and oxygen atoms in total. The summed E-state index contributed by atoms with van der Waals surface area (Å²) in [6.45, 7) is 3.34. The van der Waals surface area contributed by atoms with E-state index in [1.165, 1.54) is 28.6 Å². The fourth-order valence-electron chi connectivity index (χ4n) is 3.64. The number of hydrogen-bond acceptors (Lipinski definition) is 5. The lowest BCUT2D eigenvalue weighted by atomic mass is 10.0. The molecule has 0 bridgehead atoms. The van der Waals surface area contributed by atoms with Crippen molar-refractivity contribution < 1.29 is 17.6 Å². The maximum Gasteiger partial charge on any atom is 0.240 e. The minimum absolute atomic E-state index is 0.000818. The molecule has 4 rings (SSSR count). The molecule has 3 heterocycles. The third-order valence-electron chi connectivity index (χ3n) is 5.31. The first-order valence-electron chi connectivity index (χ1n) is 9.25. The molecule has 2 aromatic rings. The molecule has 0 radical (unpaired) electrons. The highest BCUT2D eigenvalue weighted by Gasteiger charge is 2.35. The zero-order chi connectivity index (χ0) is 19.7. The van der Waals surface area contributed by atoms with Gasteiger partial charge in [0, 0.05) is 50.1 Å². The molecule has 0 aliphatic carbocycles. The van der Waals surface area contributed by atoms with Crippen molar-refractivity contribution in [2.45, 2.75) is 30.3 Å². The van der Waals surface area contributed by atoms with Crippen molar-refractivity contribution in [2.24, 2.45) is 0 Å². The number of rotatable bonds is 6. The minimum Gasteiger partial charge on any atom is -0.339 e. The molecule has 1 amide bonds. The van der Waals surface area contributed by atoms with Crippen LogP contribution in [0.4, 0.5) is 4.39 Å². The second kappa shape index (κ2) is 7.90. The van der Waals surface area contributed by atoms with Gasteiger partial charge in [-0.3, -0.25) is 9.69 Å². The van der Waals surface area contributed by atoms with Crippen molar-refractivity contribution in [2.75, 3.05) is 26.2 Å². The molecular formula is C19H22FN3O3S2. The largest absolute Gasteiger partial charge is 0.339 e. The standard InChI is InChI=1S/C19H22FN3O3S2/c20-15-2-1-3-17(10-15)28(25,26)21-7-4-19(24)23-12-16(13-23)22-8-5-18-14(11-22)6-9-27-18/h1-3,6,9-10,16,21H,4-5,7-8,11-13H2. The van der Waals surface area contributed by atoms with Gasteiger partial charge in [0.1, 0.15) is 5.82 Å². The number of sulfonamides is 1. The molecule has 1 saturated heterocycles. The number of fused-ring (bicyclic) bond motifs is 1. The Morgan fingerprint density at radius 3 is 2.89 bits per heavy atom. The molecule has 2 aliphatic heterocycles. The van der Waals surface area contributed by atoms with E-state index in [0.717, 1.165) is 25.6 Å². The average Bonchev–Trinajstić information content (AvgIpc) is 3.08. The molecule has 0 unspecified atom stereocenters. The van der Waals surface area contributed by atoms with Crippen LogP contribution in [0.2, 0.25) is 0 Å². The third-order valence-corrected chi connectivity index (χ3v) is 7.79. The lowest BCUT2D eigenvalue weighted by molar-refractivity contribution is -0.138. The molecule has 2 aliphatic rings. The SMILES string of the molecule is O=C(CCNS(=O)(=O)c1cccc(F)c1)N1CC(N2CCc3sccc3C2)C1. The second-order valence-corrected chi connectivity index (χ2v) is 9.91. The van der Waals surface area contributed by atoms with Crippen LogP contribution in [0.15, 0.2) is 40.6 Å². The lowest BCUT2D eigenvalue weighted by Crippen LogP contribution is -2.61. The first-order valence-corrected chi connectivity index (χ1v) is 11.6. The number of thiophene rings is 1. The minimum atomic E-state index is -3.81. The Kier molecular flexibility index (Phi) is 5.50. The molecule has 1 aromatic carbocycles. The summed E-state index contributed by atoms with van der Waals surface area (Å²) >= 11 is 1.81. The number of halogens is 1. The van der Waals surface area contributed by atoms with Crippen molar-refractivity contribution in [3.63, 3.8) is 0 Å². The first kappa shape index (κ1) is 19.5. The predicted octanol–water partition coefficient (Wildman–Crippen LogP) is 1.82. The maximum atomic E-state index is 13.2. The lowest BCUT2D eigenvalue weighted by Gasteiger charge is -2.46. The monoisotopic (exact) mass is 423 g/mol. The van der Waals surface area contributed by atoms with Crippen LogP contribution in [0.3, 0.4) is 0 Å². The summed E-state index contributed by atoms with van der Waals surface area (Å²) in [5, 5.41) is 2.13. The van der Waals surface area contributed by atoms with Crippen molar-refractivity contribution in [1.82, 2.24) is 14.5 Å². The predicted molar refractivity (Wildman–Crippen MR) is 105 cm³/mol. The normalized spacial score (nSPS) is 18.0. The van der Waals surface area contributed by atoms with Gasteiger partial charge in [0.2, 0.25) is 15.9 Å². The Balaban J connectivity index is 1.22. The van der Waals surface area contributed by atoms with Gasteiger partial charge in [-0.05, 0) is 41.6 Å². The molecule has 1 fully saturated rings. The van der Waals surface area contributed by atoms with E-state index in [4.69, 9.17) is 0 Å². The van der Waals surface area contributed by atoms with E-state index in [1.807, 2.05) is 11.3 Å². The number of carbonyl (C=O) groups is 1. The quantitative estimate of drug-likeness (QED) is 0.770. The summed E-state index contributed by atoms with van der Waals surface area (Å²) in [7, 11) is -3.81. The second-order valence-electron chi connectivity index (χ2n) is 7.15. The molecular weight excluding hydrogens is 401 g/mol. The smallest absolute Gasteiger partial charge is 0.240 e. The van der Waals surface area contributed by atoms with Crippen molar-refractivity contribution in [3.8, 4) is 0 Å². The zero-order valence-electron chi connectivity index (χ0n) is 15.3. The van der Waals surface area contributed by atoms with E-state index in [0.29, 0.717) is 19.1 Å². The summed E-state index contributed by atoms with van der Waals surface area (Å²) in [5.41, 5.74) is 1.40. The van der Waals surface area contributed by atoms with E-state index < -0.39 is 15.8 Å². The summed E-state index contributed by atoms with van der Waals surface area (Å²) < 4.78 is 39.9. The first-order chi connectivity index (χ1) is 13.4. The van der Waals surface area contributed by atoms with E-state index in [2.05, 4.69) is 21.1 Å². The van der Waals surface area contributed by atoms with Gasteiger partial charge < -0.3 is 4.90 Å². The van der Waals surface area contributed by atoms with Gasteiger partial charge in [-0.25, -0.2) is 17.5 Å². The van der Waals surface area contributed by atoms with Crippen LogP contribution < -0.4 is 4.72 Å². The van der Waals surface area contributed by atoms with Crippen LogP contribution in [-0.2, 0) is 27.8 Å². The number of likely N-dealkylation sites (tertiary alicyclic amines) is 1. The average molecular weight is 424 g/mol. The van der Waals surface area contributed by atoms with Gasteiger partial charge in [0.25, 0.3) is 0 Å². The number of nitrogens with one attached hydrogen (secondary N) is 1. The number of nitrogens with zero attached hydrogens (tertiary/aromatic N) is 2. The summed E-state index contributed by atoms with van der Waals surface area (Å²) in [6, 6.07) is 7.37. The van der Waals surface area contributed by atoms with Crippen molar-refractivity contribution in [3.05, 3.63) is 52.0 Å². The van der Waals surface area contributed by atoms with Gasteiger partial charge in [-0.2, -0.15) is 0 Å². The summed E-state index contributed by atoms with van der Waals surface area (Å²) in [5.74, 6) is -0.677. The number of amides is 1. The van der Waals surface area contributed by atoms with Crippen LogP contribution >= 0.6 is 11.3 Å². The Labute approximate surface area is 168 Å². The van der Waals surface area contributed by atoms with Crippen LogP contribution in [0.1, 0.15) is 16.9 Å². The molecule has 150 valence electrons. The highest BCUT2D eigenvalue weighted by Crippen LogP contribution is 2.27. The molecule has 0 saturated carbocycles. The Morgan fingerprint density at radius 1 is 1.29 bits per heavy atom. The van der Waals surface area contributed by atoms with E-state index in [-0.39, 0.29) is 23.8 Å². The van der Waals surface area contributed by atoms with Crippen LogP contribution in [-0.4, -0.2) is 56.3 Å². The summed E-state index contributed by atoms with van der Waals surface area (Å²) in [6.07, 6.45) is 1.16. The maximum absolute atomic E-state index is 13.2. The fraction of sp³-hybridized carbons (Fsp3) is 0.421. The highest BCUT2D eigenvalue weighted by atomic mass is 32.2. The van der Waals surface area contributed by atoms with Crippen LogP contribution in [0.5, 0.6) is 0 Å². The number of hydrogen-bond donors (Lipinski definition) is 1. The fourth-order valence-corrected chi connectivity index (χ4v) is 5.59. The highest BCUT2D eigenvalue weighted by molar-refractivity contribution is 7.89. The number of carbonyl (C=O) groups excluding carboxylic acids is 1. The topological polar surface area (TPSA) is 69.7 Å². The van der Waals surface area contributed by atoms with Gasteiger partial charge in [-0.1, -0.05) is 6.07 Å². The van der Waals surface area contributed by atoms with Crippen molar-refractivity contribution >= 4 is 27.3 Å². The molecule has 9 heteroatoms. The van der Waals surface area contributed by atoms with Gasteiger partial charge in [-0.15, -0.1) is 11.3 Å². The zero-order valence-corrected chi connectivity index (χ0v) is 16.9. The Hall–Kier alpha value is -1.81. The number of benzene rings is 1. The van der Waals surface area contributed by atoms with E-state index in [9.17, 15) is 17.6 Å². The molecule has 1 aromatic heterocycles. The molecule has 1 N–H and O–H groups in total. The van der Waals surface area contributed by atoms with Gasteiger partial charge >= 0.3 is 0 Å². The molecule has 0 atom stereocenters. The van der Waals surface area contributed by atoms with E-state index in [1.54, 1.807) is 4.90 Å². The van der Waals surface area contributed by atoms with Gasteiger partial charge in [0.15, 0.2) is 0 Å².